The van der Waals surface area contributed by atoms with E-state index in [9.17, 15) is 8.42 Å². The smallest absolute Gasteiger partial charge is 0.240 e. The summed E-state index contributed by atoms with van der Waals surface area (Å²) in [7, 11) is -3.51. The van der Waals surface area contributed by atoms with Crippen molar-refractivity contribution in [1.29, 1.82) is 0 Å². The molecule has 1 aliphatic rings. The van der Waals surface area contributed by atoms with E-state index in [0.29, 0.717) is 6.54 Å². The molecule has 2 aromatic rings. The summed E-state index contributed by atoms with van der Waals surface area (Å²) < 4.78 is 33.3. The van der Waals surface area contributed by atoms with E-state index in [2.05, 4.69) is 16.5 Å². The molecular formula is C18H24N2O3S. The molecule has 1 unspecified atom stereocenters. The fraction of sp³-hybridized carbons (Fsp3) is 0.444. The van der Waals surface area contributed by atoms with Gasteiger partial charge in [0.2, 0.25) is 10.0 Å². The van der Waals surface area contributed by atoms with Gasteiger partial charge in [-0.05, 0) is 56.1 Å². The summed E-state index contributed by atoms with van der Waals surface area (Å²) in [5.41, 5.74) is 0. The van der Waals surface area contributed by atoms with E-state index in [1.165, 1.54) is 0 Å². The van der Waals surface area contributed by atoms with Crippen LogP contribution in [0.25, 0.3) is 0 Å². The van der Waals surface area contributed by atoms with Crippen molar-refractivity contribution in [3.8, 4) is 0 Å². The molecule has 0 saturated carbocycles. The molecule has 0 spiro atoms. The molecular weight excluding hydrogens is 324 g/mol. The minimum Gasteiger partial charge on any atom is -0.468 e. The van der Waals surface area contributed by atoms with Gasteiger partial charge in [0, 0.05) is 6.54 Å². The van der Waals surface area contributed by atoms with E-state index < -0.39 is 10.0 Å². The fourth-order valence-corrected chi connectivity index (χ4v) is 4.16. The Morgan fingerprint density at radius 3 is 2.50 bits per heavy atom. The summed E-state index contributed by atoms with van der Waals surface area (Å²) in [4.78, 5) is 2.60. The Hall–Kier alpha value is -1.63. The standard InChI is InChI=1S/C18H24N2O3S/c1-15-9-11-20(12-10-15)17(18-8-5-13-23-18)14-19-24(21,22)16-6-3-2-4-7-16/h2-8,13,15,17,19H,9-12,14H2,1H3. The summed E-state index contributed by atoms with van der Waals surface area (Å²) >= 11 is 0. The highest BCUT2D eigenvalue weighted by atomic mass is 32.2. The maximum absolute atomic E-state index is 12.5. The van der Waals surface area contributed by atoms with Crippen LogP contribution < -0.4 is 4.72 Å². The quantitative estimate of drug-likeness (QED) is 0.872. The minimum absolute atomic E-state index is 0.0778. The van der Waals surface area contributed by atoms with Crippen LogP contribution in [0.2, 0.25) is 0 Å². The van der Waals surface area contributed by atoms with Crippen LogP contribution in [0.15, 0.2) is 58.0 Å². The third-order valence-corrected chi connectivity index (χ3v) is 6.09. The van der Waals surface area contributed by atoms with E-state index in [-0.39, 0.29) is 10.9 Å². The summed E-state index contributed by atoms with van der Waals surface area (Å²) in [6.07, 6.45) is 3.89. The van der Waals surface area contributed by atoms with E-state index >= 15 is 0 Å². The first-order chi connectivity index (χ1) is 11.6. The van der Waals surface area contributed by atoms with Gasteiger partial charge in [0.15, 0.2) is 0 Å². The fourth-order valence-electron chi connectivity index (χ4n) is 3.10. The van der Waals surface area contributed by atoms with Crippen LogP contribution in [0.3, 0.4) is 0 Å². The van der Waals surface area contributed by atoms with Crippen molar-refractivity contribution in [2.45, 2.75) is 30.7 Å². The predicted molar refractivity (Wildman–Crippen MR) is 93.1 cm³/mol. The van der Waals surface area contributed by atoms with Crippen LogP contribution in [0.1, 0.15) is 31.6 Å². The monoisotopic (exact) mass is 348 g/mol. The van der Waals surface area contributed by atoms with Crippen molar-refractivity contribution < 1.29 is 12.8 Å². The number of rotatable bonds is 6. The number of furan rings is 1. The van der Waals surface area contributed by atoms with Gasteiger partial charge >= 0.3 is 0 Å². The molecule has 0 aliphatic carbocycles. The third-order valence-electron chi connectivity index (χ3n) is 4.65. The van der Waals surface area contributed by atoms with Crippen molar-refractivity contribution in [3.05, 3.63) is 54.5 Å². The zero-order valence-electron chi connectivity index (χ0n) is 13.9. The average Bonchev–Trinajstić information content (AvgIpc) is 3.12. The lowest BCUT2D eigenvalue weighted by Crippen LogP contribution is -2.41. The molecule has 2 heterocycles. The highest BCUT2D eigenvalue weighted by Gasteiger charge is 2.28. The maximum Gasteiger partial charge on any atom is 0.240 e. The number of nitrogens with one attached hydrogen (secondary N) is 1. The first-order valence-corrected chi connectivity index (χ1v) is 9.87. The Morgan fingerprint density at radius 2 is 1.88 bits per heavy atom. The molecule has 0 bridgehead atoms. The molecule has 5 nitrogen and oxygen atoms in total. The van der Waals surface area contributed by atoms with Crippen molar-refractivity contribution in [3.63, 3.8) is 0 Å². The van der Waals surface area contributed by atoms with Gasteiger partial charge in [0.25, 0.3) is 0 Å². The molecule has 1 atom stereocenters. The molecule has 1 N–H and O–H groups in total. The van der Waals surface area contributed by atoms with Gasteiger partial charge in [-0.25, -0.2) is 13.1 Å². The van der Waals surface area contributed by atoms with E-state index in [1.54, 1.807) is 36.6 Å². The van der Waals surface area contributed by atoms with Gasteiger partial charge in [-0.15, -0.1) is 0 Å². The Morgan fingerprint density at radius 1 is 1.17 bits per heavy atom. The molecule has 1 aromatic heterocycles. The highest BCUT2D eigenvalue weighted by Crippen LogP contribution is 2.27. The van der Waals surface area contributed by atoms with Gasteiger partial charge in [-0.1, -0.05) is 25.1 Å². The number of sulfonamides is 1. The Kier molecular flexibility index (Phi) is 5.38. The molecule has 1 saturated heterocycles. The Bertz CT molecular complexity index is 721. The summed E-state index contributed by atoms with van der Waals surface area (Å²) in [5.74, 6) is 1.53. The van der Waals surface area contributed by atoms with E-state index in [0.717, 1.165) is 37.6 Å². The maximum atomic E-state index is 12.5. The summed E-state index contributed by atoms with van der Waals surface area (Å²) in [6, 6.07) is 12.2. The van der Waals surface area contributed by atoms with E-state index in [1.807, 2.05) is 12.1 Å². The van der Waals surface area contributed by atoms with Crippen molar-refractivity contribution in [2.75, 3.05) is 19.6 Å². The third kappa shape index (κ3) is 4.06. The van der Waals surface area contributed by atoms with E-state index in [4.69, 9.17) is 4.42 Å². The van der Waals surface area contributed by atoms with Gasteiger partial charge in [0.1, 0.15) is 5.76 Å². The zero-order chi connectivity index (χ0) is 17.0. The lowest BCUT2D eigenvalue weighted by Gasteiger charge is -2.35. The van der Waals surface area contributed by atoms with Gasteiger partial charge in [-0.2, -0.15) is 0 Å². The number of likely N-dealkylation sites (tertiary alicyclic amines) is 1. The molecule has 6 heteroatoms. The van der Waals surface area contributed by atoms with Crippen molar-refractivity contribution >= 4 is 10.0 Å². The number of hydrogen-bond donors (Lipinski definition) is 1. The molecule has 24 heavy (non-hydrogen) atoms. The normalized spacial score (nSPS) is 18.5. The minimum atomic E-state index is -3.51. The second-order valence-corrected chi connectivity index (χ2v) is 8.18. The Balaban J connectivity index is 1.73. The number of nitrogens with zero attached hydrogens (tertiary/aromatic N) is 1. The molecule has 0 amide bonds. The predicted octanol–water partition coefficient (Wildman–Crippen LogP) is 3.03. The number of hydrogen-bond acceptors (Lipinski definition) is 4. The SMILES string of the molecule is CC1CCN(C(CNS(=O)(=O)c2ccccc2)c2ccco2)CC1. The van der Waals surface area contributed by atoms with Crippen molar-refractivity contribution in [2.24, 2.45) is 5.92 Å². The van der Waals surface area contributed by atoms with Crippen LogP contribution in [0.5, 0.6) is 0 Å². The topological polar surface area (TPSA) is 62.6 Å². The van der Waals surface area contributed by atoms with Crippen LogP contribution in [0, 0.1) is 5.92 Å². The first-order valence-electron chi connectivity index (χ1n) is 8.38. The largest absolute Gasteiger partial charge is 0.468 e. The van der Waals surface area contributed by atoms with Crippen molar-refractivity contribution in [1.82, 2.24) is 9.62 Å². The summed E-state index contributed by atoms with van der Waals surface area (Å²) in [5, 5.41) is 0. The highest BCUT2D eigenvalue weighted by molar-refractivity contribution is 7.89. The number of benzene rings is 1. The zero-order valence-corrected chi connectivity index (χ0v) is 14.7. The van der Waals surface area contributed by atoms with Gasteiger partial charge in [0.05, 0.1) is 17.2 Å². The molecule has 0 radical (unpaired) electrons. The lowest BCUT2D eigenvalue weighted by molar-refractivity contribution is 0.125. The lowest BCUT2D eigenvalue weighted by atomic mass is 9.97. The first kappa shape index (κ1) is 17.2. The molecule has 130 valence electrons. The molecule has 1 aromatic carbocycles. The van der Waals surface area contributed by atoms with Gasteiger partial charge in [-0.3, -0.25) is 4.90 Å². The second kappa shape index (κ2) is 7.51. The molecule has 1 fully saturated rings. The summed E-state index contributed by atoms with van der Waals surface area (Å²) in [6.45, 7) is 4.48. The second-order valence-electron chi connectivity index (χ2n) is 6.41. The van der Waals surface area contributed by atoms with Gasteiger partial charge < -0.3 is 4.42 Å². The van der Waals surface area contributed by atoms with Crippen LogP contribution >= 0.6 is 0 Å². The average molecular weight is 348 g/mol. The Labute approximate surface area is 143 Å². The van der Waals surface area contributed by atoms with Crippen LogP contribution in [-0.4, -0.2) is 33.0 Å². The van der Waals surface area contributed by atoms with Crippen LogP contribution in [0.4, 0.5) is 0 Å². The van der Waals surface area contributed by atoms with Crippen LogP contribution in [-0.2, 0) is 10.0 Å². The number of piperidine rings is 1. The molecule has 1 aliphatic heterocycles. The molecule has 3 rings (SSSR count).